The van der Waals surface area contributed by atoms with Gasteiger partial charge in [-0.15, -0.1) is 0 Å². The monoisotopic (exact) mass is 866 g/mol. The maximum atomic E-state index is 5.38. The van der Waals surface area contributed by atoms with E-state index in [1.807, 2.05) is 36.4 Å². The highest BCUT2D eigenvalue weighted by atomic mass is 15.0. The number of benzene rings is 10. The third kappa shape index (κ3) is 6.73. The van der Waals surface area contributed by atoms with E-state index in [2.05, 4.69) is 211 Å². The van der Waals surface area contributed by atoms with E-state index in [1.165, 1.54) is 66.3 Å². The summed E-state index contributed by atoms with van der Waals surface area (Å²) < 4.78 is 2.42. The van der Waals surface area contributed by atoms with Gasteiger partial charge in [-0.05, 0) is 110 Å². The van der Waals surface area contributed by atoms with Crippen LogP contribution >= 0.6 is 0 Å². The molecule has 13 rings (SSSR count). The van der Waals surface area contributed by atoms with E-state index < -0.39 is 0 Å². The molecular formula is C64H42N4. The molecule has 1 aliphatic carbocycles. The van der Waals surface area contributed by atoms with E-state index >= 15 is 0 Å². The topological polar surface area (TPSA) is 43.6 Å². The fourth-order valence-electron chi connectivity index (χ4n) is 10.4. The summed E-state index contributed by atoms with van der Waals surface area (Å²) in [6, 6.07) is 86.6. The Balaban J connectivity index is 1.08. The molecule has 0 fully saturated rings. The minimum atomic E-state index is 0.619. The molecule has 10 aromatic carbocycles. The van der Waals surface area contributed by atoms with Crippen LogP contribution in [0.1, 0.15) is 11.1 Å². The zero-order chi connectivity index (χ0) is 45.0. The molecule has 0 spiro atoms. The van der Waals surface area contributed by atoms with Crippen molar-refractivity contribution >= 4 is 21.8 Å². The minimum absolute atomic E-state index is 0.619. The van der Waals surface area contributed by atoms with Gasteiger partial charge in [0.2, 0.25) is 0 Å². The molecule has 0 radical (unpaired) electrons. The van der Waals surface area contributed by atoms with Crippen LogP contribution in [0.15, 0.2) is 243 Å². The van der Waals surface area contributed by atoms with Gasteiger partial charge in [0.25, 0.3) is 0 Å². The molecule has 0 unspecified atom stereocenters. The Morgan fingerprint density at radius 3 is 1.46 bits per heavy atom. The molecule has 4 heteroatoms. The first kappa shape index (κ1) is 39.4. The van der Waals surface area contributed by atoms with E-state index in [-0.39, 0.29) is 0 Å². The molecule has 4 nitrogen and oxygen atoms in total. The average molecular weight is 867 g/mol. The zero-order valence-corrected chi connectivity index (χ0v) is 37.1. The van der Waals surface area contributed by atoms with Crippen molar-refractivity contribution in [2.24, 2.45) is 0 Å². The minimum Gasteiger partial charge on any atom is -0.309 e. The fraction of sp³-hybridized carbons (Fsp3) is 0.0156. The number of hydrogen-bond donors (Lipinski definition) is 0. The summed E-state index contributed by atoms with van der Waals surface area (Å²) in [5.41, 5.74) is 20.6. The van der Waals surface area contributed by atoms with Crippen LogP contribution in [-0.4, -0.2) is 19.5 Å². The van der Waals surface area contributed by atoms with Gasteiger partial charge in [0.05, 0.1) is 11.0 Å². The largest absolute Gasteiger partial charge is 0.309 e. The number of nitrogens with zero attached hydrogens (tertiary/aromatic N) is 4. The lowest BCUT2D eigenvalue weighted by molar-refractivity contribution is 1.07. The third-order valence-corrected chi connectivity index (χ3v) is 13.5. The summed E-state index contributed by atoms with van der Waals surface area (Å²) in [5, 5.41) is 2.52. The summed E-state index contributed by atoms with van der Waals surface area (Å²) in [6.45, 7) is 0. The molecule has 0 saturated heterocycles. The van der Waals surface area contributed by atoms with Crippen molar-refractivity contribution in [1.29, 1.82) is 0 Å². The fourth-order valence-corrected chi connectivity index (χ4v) is 10.4. The van der Waals surface area contributed by atoms with Crippen molar-refractivity contribution in [1.82, 2.24) is 19.5 Å². The molecular weight excluding hydrogens is 825 g/mol. The molecule has 0 N–H and O–H groups in total. The number of aromatic nitrogens is 4. The van der Waals surface area contributed by atoms with Crippen LogP contribution in [0.25, 0.3) is 117 Å². The third-order valence-electron chi connectivity index (χ3n) is 13.5. The SMILES string of the molecule is c1ccc(-c2nc(-c3ccccc3)nc(-c3cc(-c4ccc(-c5ccccc5)c(-c5ccccc5)c4)ccc3-c3cccc4c3-c3c(ccc5c3c3ccccc3n5-c3ccccc3)C4)n2)cc1. The van der Waals surface area contributed by atoms with Crippen molar-refractivity contribution in [2.75, 3.05) is 0 Å². The lowest BCUT2D eigenvalue weighted by Gasteiger charge is -2.18. The quantitative estimate of drug-likeness (QED) is 0.153. The van der Waals surface area contributed by atoms with Gasteiger partial charge in [-0.2, -0.15) is 0 Å². The maximum Gasteiger partial charge on any atom is 0.164 e. The second-order valence-corrected chi connectivity index (χ2v) is 17.5. The van der Waals surface area contributed by atoms with E-state index in [1.54, 1.807) is 0 Å². The molecule has 0 bridgehead atoms. The Bertz CT molecular complexity index is 3790. The Hall–Kier alpha value is -8.99. The predicted octanol–water partition coefficient (Wildman–Crippen LogP) is 16.2. The number of hydrogen-bond acceptors (Lipinski definition) is 3. The van der Waals surface area contributed by atoms with Crippen LogP contribution in [0.5, 0.6) is 0 Å². The van der Waals surface area contributed by atoms with Crippen LogP contribution in [0, 0.1) is 0 Å². The van der Waals surface area contributed by atoms with Gasteiger partial charge in [0.1, 0.15) is 0 Å². The first-order valence-corrected chi connectivity index (χ1v) is 23.2. The summed E-state index contributed by atoms with van der Waals surface area (Å²) in [5.74, 6) is 1.88. The Morgan fingerprint density at radius 2 is 0.809 bits per heavy atom. The van der Waals surface area contributed by atoms with Gasteiger partial charge in [-0.25, -0.2) is 15.0 Å². The highest BCUT2D eigenvalue weighted by Gasteiger charge is 2.29. The molecule has 0 saturated carbocycles. The van der Waals surface area contributed by atoms with Crippen molar-refractivity contribution in [3.63, 3.8) is 0 Å². The van der Waals surface area contributed by atoms with Crippen LogP contribution in [0.2, 0.25) is 0 Å². The maximum absolute atomic E-state index is 5.38. The average Bonchev–Trinajstić information content (AvgIpc) is 3.98. The molecule has 1 aliphatic rings. The summed E-state index contributed by atoms with van der Waals surface area (Å²) in [6.07, 6.45) is 0.852. The predicted molar refractivity (Wildman–Crippen MR) is 280 cm³/mol. The Kier molecular flexibility index (Phi) is 9.54. The first-order chi connectivity index (χ1) is 33.7. The van der Waals surface area contributed by atoms with Crippen LogP contribution < -0.4 is 0 Å². The Labute approximate surface area is 395 Å². The highest BCUT2D eigenvalue weighted by Crippen LogP contribution is 2.51. The van der Waals surface area contributed by atoms with Crippen molar-refractivity contribution in [2.45, 2.75) is 6.42 Å². The highest BCUT2D eigenvalue weighted by molar-refractivity contribution is 6.19. The van der Waals surface area contributed by atoms with Gasteiger partial charge in [-0.1, -0.05) is 206 Å². The molecule has 318 valence electrons. The zero-order valence-electron chi connectivity index (χ0n) is 37.1. The lowest BCUT2D eigenvalue weighted by Crippen LogP contribution is -2.02. The molecule has 0 amide bonds. The van der Waals surface area contributed by atoms with Crippen LogP contribution in [-0.2, 0) is 6.42 Å². The molecule has 68 heavy (non-hydrogen) atoms. The van der Waals surface area contributed by atoms with E-state index in [0.717, 1.165) is 51.1 Å². The summed E-state index contributed by atoms with van der Waals surface area (Å²) in [7, 11) is 0. The first-order valence-electron chi connectivity index (χ1n) is 23.2. The second-order valence-electron chi connectivity index (χ2n) is 17.5. The molecule has 2 heterocycles. The Morgan fingerprint density at radius 1 is 0.294 bits per heavy atom. The van der Waals surface area contributed by atoms with Crippen LogP contribution in [0.3, 0.4) is 0 Å². The molecule has 2 aromatic heterocycles. The van der Waals surface area contributed by atoms with Gasteiger partial charge in [-0.3, -0.25) is 0 Å². The summed E-state index contributed by atoms with van der Waals surface area (Å²) in [4.78, 5) is 15.9. The van der Waals surface area contributed by atoms with Crippen molar-refractivity contribution in [3.8, 4) is 95.5 Å². The molecule has 12 aromatic rings. The van der Waals surface area contributed by atoms with Gasteiger partial charge in [0.15, 0.2) is 17.5 Å². The van der Waals surface area contributed by atoms with E-state index in [9.17, 15) is 0 Å². The van der Waals surface area contributed by atoms with E-state index in [0.29, 0.717) is 17.5 Å². The molecule has 0 atom stereocenters. The number of fused-ring (bicyclic) bond motifs is 7. The smallest absolute Gasteiger partial charge is 0.164 e. The van der Waals surface area contributed by atoms with Crippen molar-refractivity contribution in [3.05, 3.63) is 254 Å². The van der Waals surface area contributed by atoms with Gasteiger partial charge < -0.3 is 4.57 Å². The summed E-state index contributed by atoms with van der Waals surface area (Å²) >= 11 is 0. The van der Waals surface area contributed by atoms with Crippen molar-refractivity contribution < 1.29 is 0 Å². The van der Waals surface area contributed by atoms with Gasteiger partial charge in [0, 0.05) is 33.2 Å². The second kappa shape index (κ2) is 16.5. The lowest BCUT2D eigenvalue weighted by atomic mass is 9.87. The van der Waals surface area contributed by atoms with E-state index in [4.69, 9.17) is 15.0 Å². The van der Waals surface area contributed by atoms with Gasteiger partial charge >= 0.3 is 0 Å². The number of rotatable bonds is 8. The van der Waals surface area contributed by atoms with Crippen LogP contribution in [0.4, 0.5) is 0 Å². The molecule has 0 aliphatic heterocycles. The normalized spacial score (nSPS) is 11.8. The number of para-hydroxylation sites is 2. The standard InChI is InChI=1S/C64H42N4/c1-6-19-42(20-7-1)51-36-33-46(40-55(51)43-21-8-2-9-22-43)47-34-37-52(56(41-47)64-66-62(44-23-10-3-11-24-44)65-63(67-64)45-25-12-4-13-26-45)53-31-18-27-48-39-49-35-38-58-61(60(49)59(48)53)54-30-16-17-32-57(54)68(58)50-28-14-5-15-29-50/h1-38,40-41H,39H2.